The minimum Gasteiger partial charge on any atom is -0.497 e. The molecule has 3 heterocycles. The number of anilines is 1. The lowest BCUT2D eigenvalue weighted by molar-refractivity contribution is -0.0807. The van der Waals surface area contributed by atoms with Crippen LogP contribution in [-0.4, -0.2) is 63.4 Å². The van der Waals surface area contributed by atoms with Crippen molar-refractivity contribution in [1.29, 1.82) is 0 Å². The van der Waals surface area contributed by atoms with Gasteiger partial charge in [0.2, 0.25) is 0 Å². The molecule has 0 aliphatic carbocycles. The fourth-order valence-electron chi connectivity index (χ4n) is 6.97. The zero-order chi connectivity index (χ0) is 40.4. The number of rotatable bonds is 13. The zero-order valence-electron chi connectivity index (χ0n) is 33.2. The molecule has 0 bridgehead atoms. The van der Waals surface area contributed by atoms with Gasteiger partial charge in [-0.25, -0.2) is 14.4 Å². The number of hydrogen-bond acceptors (Lipinski definition) is 9. The molecule has 12 heteroatoms. The summed E-state index contributed by atoms with van der Waals surface area (Å²) < 4.78 is 50.0. The Morgan fingerprint density at radius 2 is 1.39 bits per heavy atom. The molecule has 1 aliphatic rings. The van der Waals surface area contributed by atoms with Crippen molar-refractivity contribution < 1.29 is 32.6 Å². The number of ether oxygens (including phenoxy) is 4. The Morgan fingerprint density at radius 3 is 1.95 bits per heavy atom. The van der Waals surface area contributed by atoms with Crippen molar-refractivity contribution in [3.63, 3.8) is 0 Å². The molecule has 7 rings (SSSR count). The van der Waals surface area contributed by atoms with Crippen LogP contribution in [0.15, 0.2) is 121 Å². The van der Waals surface area contributed by atoms with Crippen molar-refractivity contribution >= 4 is 41.6 Å². The van der Waals surface area contributed by atoms with E-state index in [0.717, 1.165) is 16.7 Å². The molecule has 4 aromatic carbocycles. The van der Waals surface area contributed by atoms with Gasteiger partial charge in [-0.15, -0.1) is 11.3 Å². The lowest BCUT2D eigenvalue weighted by Gasteiger charge is -2.41. The van der Waals surface area contributed by atoms with Gasteiger partial charge in [0.1, 0.15) is 41.7 Å². The summed E-state index contributed by atoms with van der Waals surface area (Å²) in [6.45, 7) is 10.6. The first kappa shape index (κ1) is 40.2. The van der Waals surface area contributed by atoms with Crippen LogP contribution in [0.5, 0.6) is 11.5 Å². The normalized spacial score (nSPS) is 18.7. The van der Waals surface area contributed by atoms with E-state index in [9.17, 15) is 4.79 Å². The number of carbonyl (C=O) groups is 1. The second-order valence-corrected chi connectivity index (χ2v) is 21.2. The first-order chi connectivity index (χ1) is 27.4. The Hall–Kier alpha value is -4.98. The van der Waals surface area contributed by atoms with Crippen molar-refractivity contribution in [1.82, 2.24) is 9.97 Å². The number of aromatic nitrogens is 2. The van der Waals surface area contributed by atoms with Crippen LogP contribution < -0.4 is 14.8 Å². The molecule has 1 aliphatic heterocycles. The van der Waals surface area contributed by atoms with E-state index in [4.69, 9.17) is 23.4 Å². The van der Waals surface area contributed by atoms with E-state index < -0.39 is 38.4 Å². The Bertz CT molecular complexity index is 2240. The van der Waals surface area contributed by atoms with Crippen molar-refractivity contribution in [2.24, 2.45) is 0 Å². The van der Waals surface area contributed by atoms with E-state index in [1.807, 2.05) is 90.3 Å². The summed E-state index contributed by atoms with van der Waals surface area (Å²) >= 11 is 1.33. The van der Waals surface area contributed by atoms with Crippen molar-refractivity contribution in [3.05, 3.63) is 149 Å². The van der Waals surface area contributed by atoms with Gasteiger partial charge in [0.25, 0.3) is 5.91 Å². The van der Waals surface area contributed by atoms with Gasteiger partial charge in [0.15, 0.2) is 20.3 Å². The minimum absolute atomic E-state index is 0.0153. The Labute approximate surface area is 338 Å². The summed E-state index contributed by atoms with van der Waals surface area (Å²) in [6.07, 6.45) is -2.97. The maximum Gasteiger partial charge on any atom is 0.256 e. The molecule has 4 atom stereocenters. The maximum absolute atomic E-state index is 17.4. The SMILES string of the molecule is COc1ccc(C(OC[C@H]2O[C@@H](c3csc4c(NC(=O)c5ccccc5)ncnc34)[C@H](F)[C@@H]2O[Si](C)(C)C(C)(C)C)(c2ccccc2)c2ccc(OC)cc2)cc1. The third kappa shape index (κ3) is 7.97. The smallest absolute Gasteiger partial charge is 0.256 e. The summed E-state index contributed by atoms with van der Waals surface area (Å²) in [4.78, 5) is 22.1. The van der Waals surface area contributed by atoms with Crippen LogP contribution >= 0.6 is 11.3 Å². The Balaban J connectivity index is 1.28. The number of halogens is 1. The number of carbonyl (C=O) groups excluding carboxylic acids is 1. The average Bonchev–Trinajstić information content (AvgIpc) is 3.79. The summed E-state index contributed by atoms with van der Waals surface area (Å²) in [5.41, 5.74) is 2.98. The number of fused-ring (bicyclic) bond motifs is 1. The van der Waals surface area contributed by atoms with Gasteiger partial charge in [-0.1, -0.05) is 93.6 Å². The average molecular weight is 806 g/mol. The highest BCUT2D eigenvalue weighted by atomic mass is 32.1. The molecule has 0 saturated carbocycles. The lowest BCUT2D eigenvalue weighted by atomic mass is 9.80. The molecule has 1 amide bonds. The molecular weight excluding hydrogens is 758 g/mol. The number of thiophene rings is 1. The molecule has 6 aromatic rings. The number of nitrogens with one attached hydrogen (secondary N) is 1. The molecule has 57 heavy (non-hydrogen) atoms. The van der Waals surface area contributed by atoms with Gasteiger partial charge in [-0.2, -0.15) is 0 Å². The van der Waals surface area contributed by atoms with Gasteiger partial charge < -0.3 is 28.7 Å². The third-order valence-corrected chi connectivity index (χ3v) is 16.6. The molecule has 2 aromatic heterocycles. The molecule has 296 valence electrons. The van der Waals surface area contributed by atoms with E-state index in [1.165, 1.54) is 17.7 Å². The highest BCUT2D eigenvalue weighted by molar-refractivity contribution is 7.18. The van der Waals surface area contributed by atoms with Gasteiger partial charge >= 0.3 is 0 Å². The molecule has 0 radical (unpaired) electrons. The monoisotopic (exact) mass is 805 g/mol. The number of amides is 1. The highest BCUT2D eigenvalue weighted by Crippen LogP contribution is 2.48. The van der Waals surface area contributed by atoms with Gasteiger partial charge in [0, 0.05) is 11.1 Å². The van der Waals surface area contributed by atoms with Crippen molar-refractivity contribution in [3.8, 4) is 11.5 Å². The van der Waals surface area contributed by atoms with Gasteiger partial charge in [0.05, 0.1) is 31.0 Å². The van der Waals surface area contributed by atoms with Crippen molar-refractivity contribution in [2.75, 3.05) is 26.1 Å². The van der Waals surface area contributed by atoms with Crippen molar-refractivity contribution in [2.45, 2.75) is 69.0 Å². The fraction of sp³-hybridized carbons (Fsp3) is 0.311. The molecular formula is C45H48FN3O6SSi. The number of methoxy groups -OCH3 is 2. The van der Waals surface area contributed by atoms with E-state index in [2.05, 4.69) is 49.1 Å². The van der Waals surface area contributed by atoms with E-state index in [1.54, 1.807) is 38.5 Å². The predicted octanol–water partition coefficient (Wildman–Crippen LogP) is 10.1. The van der Waals surface area contributed by atoms with E-state index in [-0.39, 0.29) is 17.6 Å². The number of alkyl halides is 1. The number of benzene rings is 4. The Morgan fingerprint density at radius 1 is 0.825 bits per heavy atom. The molecule has 1 N–H and O–H groups in total. The van der Waals surface area contributed by atoms with Crippen LogP contribution in [0.2, 0.25) is 18.1 Å². The van der Waals surface area contributed by atoms with Gasteiger partial charge in [-0.05, 0) is 76.6 Å². The standard InChI is InChI=1S/C45H48FN3O6SSi/c1-44(2,3)57(6,7)55-40-36(54-39(37(40)46)35-27-56-41-38(35)47-28-48-42(41)49-43(50)29-14-10-8-11-15-29)26-53-45(30-16-12-9-13-17-30,31-18-22-33(51-4)23-19-31)32-20-24-34(52-5)25-21-32/h8-25,27-28,36-37,39-40H,26H2,1-7H3,(H,47,48,49,50)/t36-,37+,39+,40-/m1/s1. The molecule has 0 unspecified atom stereocenters. The highest BCUT2D eigenvalue weighted by Gasteiger charge is 2.53. The summed E-state index contributed by atoms with van der Waals surface area (Å²) in [7, 11) is 0.722. The van der Waals surface area contributed by atoms with Crippen LogP contribution in [-0.2, 0) is 19.5 Å². The largest absolute Gasteiger partial charge is 0.497 e. The van der Waals surface area contributed by atoms with Crippen LogP contribution in [0, 0.1) is 0 Å². The maximum atomic E-state index is 17.4. The van der Waals surface area contributed by atoms with Crippen LogP contribution in [0.1, 0.15) is 59.5 Å². The second kappa shape index (κ2) is 16.5. The third-order valence-electron chi connectivity index (χ3n) is 11.1. The second-order valence-electron chi connectivity index (χ2n) is 15.6. The first-order valence-electron chi connectivity index (χ1n) is 18.9. The summed E-state index contributed by atoms with van der Waals surface area (Å²) in [5.74, 6) is 1.45. The molecule has 0 spiro atoms. The van der Waals surface area contributed by atoms with Crippen LogP contribution in [0.25, 0.3) is 10.2 Å². The van der Waals surface area contributed by atoms with E-state index >= 15 is 4.39 Å². The van der Waals surface area contributed by atoms with E-state index in [0.29, 0.717) is 38.7 Å². The quantitative estimate of drug-likeness (QED) is 0.0910. The first-order valence-corrected chi connectivity index (χ1v) is 22.7. The summed E-state index contributed by atoms with van der Waals surface area (Å²) in [5, 5.41) is 4.54. The number of nitrogens with zero attached hydrogens (tertiary/aromatic N) is 2. The molecule has 1 fully saturated rings. The topological polar surface area (TPSA) is 101 Å². The zero-order valence-corrected chi connectivity index (χ0v) is 35.0. The number of hydrogen-bond donors (Lipinski definition) is 1. The van der Waals surface area contributed by atoms with Gasteiger partial charge in [-0.3, -0.25) is 4.79 Å². The molecule has 9 nitrogen and oxygen atoms in total. The summed E-state index contributed by atoms with van der Waals surface area (Å²) in [6, 6.07) is 34.4. The fourth-order valence-corrected chi connectivity index (χ4v) is 9.27. The van der Waals surface area contributed by atoms with Crippen LogP contribution in [0.3, 0.4) is 0 Å². The lowest BCUT2D eigenvalue weighted by Crippen LogP contribution is -2.49. The molecule has 1 saturated heterocycles. The van der Waals surface area contributed by atoms with Crippen LogP contribution in [0.4, 0.5) is 10.2 Å². The minimum atomic E-state index is -2.54. The predicted molar refractivity (Wildman–Crippen MR) is 225 cm³/mol. The Kier molecular flexibility index (Phi) is 11.6.